The molecule has 0 aliphatic heterocycles. The van der Waals surface area contributed by atoms with E-state index in [1.165, 1.54) is 173 Å². The average Bonchev–Trinajstić information content (AvgIpc) is 1.21. The van der Waals surface area contributed by atoms with E-state index in [9.17, 15) is 43.2 Å². The van der Waals surface area contributed by atoms with Crippen LogP contribution in [0.15, 0.2) is 0 Å². The summed E-state index contributed by atoms with van der Waals surface area (Å²) in [5.41, 5.74) is 0. The molecule has 558 valence electrons. The van der Waals surface area contributed by atoms with Crippen molar-refractivity contribution in [2.24, 2.45) is 23.7 Å². The molecule has 0 fully saturated rings. The first-order valence-electron chi connectivity index (χ1n) is 38.8. The Labute approximate surface area is 575 Å². The molecule has 94 heavy (non-hydrogen) atoms. The fraction of sp³-hybridized carbons (Fsp3) is 0.947. The van der Waals surface area contributed by atoms with E-state index < -0.39 is 97.5 Å². The molecule has 0 aromatic carbocycles. The van der Waals surface area contributed by atoms with E-state index in [0.717, 1.165) is 120 Å². The van der Waals surface area contributed by atoms with Gasteiger partial charge < -0.3 is 33.8 Å². The summed E-state index contributed by atoms with van der Waals surface area (Å²) in [6, 6.07) is 0. The number of aliphatic hydroxyl groups is 1. The lowest BCUT2D eigenvalue weighted by Gasteiger charge is -2.21. The topological polar surface area (TPSA) is 237 Å². The third-order valence-electron chi connectivity index (χ3n) is 18.0. The Morgan fingerprint density at radius 1 is 0.298 bits per heavy atom. The molecular formula is C75H146O17P2. The van der Waals surface area contributed by atoms with Crippen molar-refractivity contribution in [3.05, 3.63) is 0 Å². The van der Waals surface area contributed by atoms with Gasteiger partial charge >= 0.3 is 39.5 Å². The molecule has 0 aromatic rings. The van der Waals surface area contributed by atoms with Crippen molar-refractivity contribution in [3.8, 4) is 0 Å². The maximum absolute atomic E-state index is 13.1. The van der Waals surface area contributed by atoms with Crippen LogP contribution in [-0.2, 0) is 65.4 Å². The maximum Gasteiger partial charge on any atom is 0.472 e. The summed E-state index contributed by atoms with van der Waals surface area (Å²) in [7, 11) is -9.91. The number of carbonyl (C=O) groups excluding carboxylic acids is 4. The van der Waals surface area contributed by atoms with Gasteiger partial charge in [-0.15, -0.1) is 0 Å². The van der Waals surface area contributed by atoms with Crippen molar-refractivity contribution in [1.29, 1.82) is 0 Å². The summed E-state index contributed by atoms with van der Waals surface area (Å²) >= 11 is 0. The zero-order chi connectivity index (χ0) is 69.6. The largest absolute Gasteiger partial charge is 0.472 e. The van der Waals surface area contributed by atoms with Crippen LogP contribution in [0.5, 0.6) is 0 Å². The molecule has 0 rings (SSSR count). The average molecular weight is 1380 g/mol. The number of unbranched alkanes of at least 4 members (excludes halogenated alkanes) is 36. The van der Waals surface area contributed by atoms with Gasteiger partial charge in [0.05, 0.1) is 26.4 Å². The first-order chi connectivity index (χ1) is 45.2. The fourth-order valence-corrected chi connectivity index (χ4v) is 12.9. The predicted molar refractivity (Wildman–Crippen MR) is 381 cm³/mol. The van der Waals surface area contributed by atoms with Gasteiger partial charge in [-0.2, -0.15) is 0 Å². The molecule has 0 aromatic heterocycles. The van der Waals surface area contributed by atoms with E-state index in [-0.39, 0.29) is 25.7 Å². The Hall–Kier alpha value is -1.94. The number of rotatable bonds is 72. The van der Waals surface area contributed by atoms with Crippen molar-refractivity contribution in [3.63, 3.8) is 0 Å². The smallest absolute Gasteiger partial charge is 0.462 e. The van der Waals surface area contributed by atoms with Crippen molar-refractivity contribution in [1.82, 2.24) is 0 Å². The fourth-order valence-electron chi connectivity index (χ4n) is 11.3. The second kappa shape index (κ2) is 64.4. The summed E-state index contributed by atoms with van der Waals surface area (Å²) in [5.74, 6) is 0.956. The molecule has 0 bridgehead atoms. The first-order valence-corrected chi connectivity index (χ1v) is 41.8. The van der Waals surface area contributed by atoms with Crippen LogP contribution in [0.4, 0.5) is 0 Å². The van der Waals surface area contributed by atoms with E-state index in [1.807, 2.05) is 0 Å². The SMILES string of the molecule is CCC(C)CCCCCCCCCCCCC(=O)OC[C@H](COP(=O)(O)OC[C@@H](O)COP(=O)(O)OC[C@@H](COC(=O)CCCCCCCCC(C)CC)OC(=O)CCCCCCCCCCCCCCCCCC(C)C)OC(=O)CCCCCCCCCCCC(C)C. The molecule has 7 atom stereocenters. The summed E-state index contributed by atoms with van der Waals surface area (Å²) in [6.07, 6.45) is 48.5. The highest BCUT2D eigenvalue weighted by atomic mass is 31.2. The van der Waals surface area contributed by atoms with Crippen molar-refractivity contribution in [2.75, 3.05) is 39.6 Å². The van der Waals surface area contributed by atoms with Gasteiger partial charge in [0.2, 0.25) is 0 Å². The highest BCUT2D eigenvalue weighted by molar-refractivity contribution is 7.47. The predicted octanol–water partition coefficient (Wildman–Crippen LogP) is 21.7. The highest BCUT2D eigenvalue weighted by Crippen LogP contribution is 2.45. The van der Waals surface area contributed by atoms with Crippen LogP contribution in [0.3, 0.4) is 0 Å². The summed E-state index contributed by atoms with van der Waals surface area (Å²) < 4.78 is 68.5. The van der Waals surface area contributed by atoms with Gasteiger partial charge in [-0.1, -0.05) is 325 Å². The van der Waals surface area contributed by atoms with Gasteiger partial charge in [-0.05, 0) is 49.4 Å². The molecule has 0 aliphatic rings. The van der Waals surface area contributed by atoms with E-state index in [0.29, 0.717) is 25.7 Å². The number of ether oxygens (including phenoxy) is 4. The van der Waals surface area contributed by atoms with Gasteiger partial charge in [0.1, 0.15) is 19.3 Å². The van der Waals surface area contributed by atoms with Gasteiger partial charge in [0.25, 0.3) is 0 Å². The number of hydrogen-bond donors (Lipinski definition) is 3. The lowest BCUT2D eigenvalue weighted by atomic mass is 9.99. The minimum Gasteiger partial charge on any atom is -0.462 e. The van der Waals surface area contributed by atoms with Gasteiger partial charge in [-0.3, -0.25) is 37.3 Å². The van der Waals surface area contributed by atoms with Crippen molar-refractivity contribution >= 4 is 39.5 Å². The molecule has 0 saturated heterocycles. The Morgan fingerprint density at radius 3 is 0.755 bits per heavy atom. The minimum absolute atomic E-state index is 0.105. The van der Waals surface area contributed by atoms with E-state index in [1.54, 1.807) is 0 Å². The first kappa shape index (κ1) is 92.1. The molecule has 0 heterocycles. The maximum atomic E-state index is 13.1. The molecule has 0 radical (unpaired) electrons. The molecule has 0 saturated carbocycles. The van der Waals surface area contributed by atoms with Crippen LogP contribution < -0.4 is 0 Å². The standard InChI is InChI=1S/C75H146O17P2/c1-9-67(7)53-45-37-29-23-18-19-24-30-39-47-55-72(77)85-61-70(91-75(80)58-50-42-32-26-20-22-28-36-44-52-66(5)6)63-89-93(81,82)87-59-69(76)60-88-94(83,84)90-64-71(62-86-73(78)56-48-40-34-33-38-46-54-68(8)10-2)92-74(79)57-49-41-31-25-17-15-13-11-12-14-16-21-27-35-43-51-65(3)4/h65-71,76H,9-64H2,1-8H3,(H,81,82)(H,83,84)/t67?,68?,69-,70-,71-/m1/s1. The molecule has 0 aliphatic carbocycles. The summed E-state index contributed by atoms with van der Waals surface area (Å²) in [4.78, 5) is 72.8. The molecule has 4 unspecified atom stereocenters. The quantitative estimate of drug-likeness (QED) is 0.0222. The lowest BCUT2D eigenvalue weighted by molar-refractivity contribution is -0.161. The zero-order valence-electron chi connectivity index (χ0n) is 61.6. The molecular weight excluding hydrogens is 1230 g/mol. The third-order valence-corrected chi connectivity index (χ3v) is 19.9. The normalized spacial score (nSPS) is 14.7. The van der Waals surface area contributed by atoms with Crippen LogP contribution in [-0.4, -0.2) is 96.7 Å². The van der Waals surface area contributed by atoms with Crippen molar-refractivity contribution in [2.45, 2.75) is 395 Å². The van der Waals surface area contributed by atoms with E-state index >= 15 is 0 Å². The molecule has 3 N–H and O–H groups in total. The molecule has 0 spiro atoms. The lowest BCUT2D eigenvalue weighted by Crippen LogP contribution is -2.30. The second-order valence-electron chi connectivity index (χ2n) is 28.5. The van der Waals surface area contributed by atoms with E-state index in [2.05, 4.69) is 55.4 Å². The Balaban J connectivity index is 5.24. The van der Waals surface area contributed by atoms with Crippen LogP contribution >= 0.6 is 15.6 Å². The van der Waals surface area contributed by atoms with Gasteiger partial charge in [-0.25, -0.2) is 9.13 Å². The van der Waals surface area contributed by atoms with Crippen LogP contribution in [0.25, 0.3) is 0 Å². The monoisotopic (exact) mass is 1380 g/mol. The Kier molecular flexibility index (Phi) is 63.1. The van der Waals surface area contributed by atoms with Gasteiger partial charge in [0, 0.05) is 25.7 Å². The number of aliphatic hydroxyl groups excluding tert-OH is 1. The van der Waals surface area contributed by atoms with Crippen LogP contribution in [0.1, 0.15) is 376 Å². The van der Waals surface area contributed by atoms with Crippen molar-refractivity contribution < 1.29 is 80.2 Å². The van der Waals surface area contributed by atoms with Crippen LogP contribution in [0, 0.1) is 23.7 Å². The van der Waals surface area contributed by atoms with Crippen LogP contribution in [0.2, 0.25) is 0 Å². The number of esters is 4. The van der Waals surface area contributed by atoms with Gasteiger partial charge in [0.15, 0.2) is 12.2 Å². The number of hydrogen-bond acceptors (Lipinski definition) is 15. The third kappa shape index (κ3) is 66.0. The molecule has 17 nitrogen and oxygen atoms in total. The Morgan fingerprint density at radius 2 is 0.511 bits per heavy atom. The molecule has 19 heteroatoms. The minimum atomic E-state index is -4.96. The number of phosphoric acid groups is 2. The zero-order valence-corrected chi connectivity index (χ0v) is 63.4. The summed E-state index contributed by atoms with van der Waals surface area (Å²) in [5, 5.41) is 10.6. The number of carbonyl (C=O) groups is 4. The second-order valence-corrected chi connectivity index (χ2v) is 31.4. The summed E-state index contributed by atoms with van der Waals surface area (Å²) in [6.45, 7) is 14.2. The Bertz CT molecular complexity index is 1850. The molecule has 0 amide bonds. The highest BCUT2D eigenvalue weighted by Gasteiger charge is 2.30. The van der Waals surface area contributed by atoms with E-state index in [4.69, 9.17) is 37.0 Å². The number of phosphoric ester groups is 2.